The Bertz CT molecular complexity index is 724. The molecule has 0 unspecified atom stereocenters. The van der Waals surface area contributed by atoms with Gasteiger partial charge in [-0.05, 0) is 24.3 Å². The van der Waals surface area contributed by atoms with Gasteiger partial charge in [-0.1, -0.05) is 58.5 Å². The SMILES string of the molecule is O[C@](CCl)(O[C@H](CCl)c1ccc(Cl)cc1Cl)c1ccc(Cl)cc1Cl. The largest absolute Gasteiger partial charge is 0.361 e. The van der Waals surface area contributed by atoms with E-state index >= 15 is 0 Å². The van der Waals surface area contributed by atoms with Crippen molar-refractivity contribution in [2.24, 2.45) is 0 Å². The van der Waals surface area contributed by atoms with E-state index in [0.29, 0.717) is 20.6 Å². The predicted molar refractivity (Wildman–Crippen MR) is 102 cm³/mol. The van der Waals surface area contributed by atoms with E-state index in [9.17, 15) is 5.11 Å². The van der Waals surface area contributed by atoms with Crippen LogP contribution in [0.1, 0.15) is 17.2 Å². The molecule has 0 aromatic heterocycles. The summed E-state index contributed by atoms with van der Waals surface area (Å²) in [5.41, 5.74) is 0.855. The van der Waals surface area contributed by atoms with E-state index in [1.165, 1.54) is 6.07 Å². The summed E-state index contributed by atoms with van der Waals surface area (Å²) in [6.07, 6.45) is -0.730. The van der Waals surface area contributed by atoms with Crippen molar-refractivity contribution in [3.63, 3.8) is 0 Å². The predicted octanol–water partition coefficient (Wildman–Crippen LogP) is 6.68. The van der Waals surface area contributed by atoms with Gasteiger partial charge in [0, 0.05) is 26.2 Å². The monoisotopic (exact) mass is 446 g/mol. The maximum Gasteiger partial charge on any atom is 0.208 e. The second kappa shape index (κ2) is 8.66. The van der Waals surface area contributed by atoms with E-state index in [1.54, 1.807) is 30.3 Å². The molecular weight excluding hydrogens is 437 g/mol. The first-order chi connectivity index (χ1) is 11.3. The van der Waals surface area contributed by atoms with Crippen molar-refractivity contribution in [2.45, 2.75) is 11.9 Å². The van der Waals surface area contributed by atoms with E-state index in [0.717, 1.165) is 0 Å². The molecule has 8 heteroatoms. The van der Waals surface area contributed by atoms with Crippen molar-refractivity contribution in [3.8, 4) is 0 Å². The van der Waals surface area contributed by atoms with Gasteiger partial charge in [0.25, 0.3) is 0 Å². The molecule has 1 N–H and O–H groups in total. The highest BCUT2D eigenvalue weighted by Gasteiger charge is 2.35. The molecule has 0 amide bonds. The third-order valence-electron chi connectivity index (χ3n) is 3.32. The Morgan fingerprint density at radius 1 is 0.917 bits per heavy atom. The molecule has 0 saturated heterocycles. The smallest absolute Gasteiger partial charge is 0.208 e. The van der Waals surface area contributed by atoms with Gasteiger partial charge in [-0.3, -0.25) is 0 Å². The molecular formula is C16H12Cl6O2. The molecule has 0 spiro atoms. The lowest BCUT2D eigenvalue weighted by Crippen LogP contribution is -2.34. The van der Waals surface area contributed by atoms with E-state index in [-0.39, 0.29) is 22.3 Å². The minimum absolute atomic E-state index is 0.0335. The van der Waals surface area contributed by atoms with Gasteiger partial charge in [0.05, 0.1) is 16.8 Å². The summed E-state index contributed by atoms with van der Waals surface area (Å²) in [5, 5.41) is 12.4. The second-order valence-electron chi connectivity index (χ2n) is 4.97. The van der Waals surface area contributed by atoms with Crippen LogP contribution in [0.5, 0.6) is 0 Å². The summed E-state index contributed by atoms with van der Waals surface area (Å²) in [6, 6.07) is 9.51. The first-order valence-corrected chi connectivity index (χ1v) is 9.31. The third-order valence-corrected chi connectivity index (χ3v) is 5.07. The summed E-state index contributed by atoms with van der Waals surface area (Å²) in [6.45, 7) is 0. The lowest BCUT2D eigenvalue weighted by Gasteiger charge is -2.32. The fourth-order valence-corrected chi connectivity index (χ4v) is 3.67. The van der Waals surface area contributed by atoms with Crippen LogP contribution in [0.3, 0.4) is 0 Å². The minimum atomic E-state index is -1.87. The highest BCUT2D eigenvalue weighted by atomic mass is 35.5. The van der Waals surface area contributed by atoms with Crippen molar-refractivity contribution in [3.05, 3.63) is 67.6 Å². The van der Waals surface area contributed by atoms with Gasteiger partial charge in [-0.25, -0.2) is 0 Å². The van der Waals surface area contributed by atoms with Crippen molar-refractivity contribution < 1.29 is 9.84 Å². The summed E-state index contributed by atoms with van der Waals surface area (Å²) >= 11 is 36.1. The topological polar surface area (TPSA) is 29.5 Å². The highest BCUT2D eigenvalue weighted by Crippen LogP contribution is 2.38. The number of aliphatic hydroxyl groups is 1. The summed E-state index contributed by atoms with van der Waals surface area (Å²) in [4.78, 5) is 0. The van der Waals surface area contributed by atoms with Crippen LogP contribution in [-0.4, -0.2) is 16.9 Å². The summed E-state index contributed by atoms with van der Waals surface area (Å²) in [5.74, 6) is -2.11. The fraction of sp³-hybridized carbons (Fsp3) is 0.250. The van der Waals surface area contributed by atoms with Gasteiger partial charge in [0.15, 0.2) is 0 Å². The standard InChI is InChI=1S/C16H12Cl6O2/c17-7-15(11-3-1-9(19)5-13(11)21)24-16(23,8-18)12-4-2-10(20)6-14(12)22/h1-6,15,23H,7-8H2/t15-,16-/m1/s1. The molecule has 2 rings (SSSR count). The molecule has 0 fully saturated rings. The number of ether oxygens (including phenoxy) is 1. The van der Waals surface area contributed by atoms with Crippen molar-refractivity contribution in [2.75, 3.05) is 11.8 Å². The second-order valence-corrected chi connectivity index (χ2v) is 7.23. The molecule has 0 heterocycles. The number of rotatable bonds is 6. The van der Waals surface area contributed by atoms with Crippen LogP contribution in [0.2, 0.25) is 20.1 Å². The van der Waals surface area contributed by atoms with Crippen molar-refractivity contribution in [1.29, 1.82) is 0 Å². The Hall–Kier alpha value is 0.1000. The molecule has 0 aliphatic carbocycles. The zero-order chi connectivity index (χ0) is 17.9. The lowest BCUT2D eigenvalue weighted by atomic mass is 10.1. The first-order valence-electron chi connectivity index (χ1n) is 6.73. The van der Waals surface area contributed by atoms with Crippen LogP contribution in [0.4, 0.5) is 0 Å². The minimum Gasteiger partial charge on any atom is -0.361 e. The molecule has 2 aromatic rings. The molecule has 0 saturated carbocycles. The van der Waals surface area contributed by atoms with Gasteiger partial charge in [-0.15, -0.1) is 23.2 Å². The first kappa shape index (κ1) is 20.4. The third kappa shape index (κ3) is 4.63. The molecule has 0 aliphatic rings. The Labute approximate surface area is 170 Å². The Balaban J connectivity index is 2.39. The molecule has 130 valence electrons. The molecule has 2 aromatic carbocycles. The number of halogens is 6. The molecule has 0 radical (unpaired) electrons. The molecule has 2 atom stereocenters. The van der Waals surface area contributed by atoms with E-state index < -0.39 is 11.9 Å². The maximum atomic E-state index is 10.9. The fourth-order valence-electron chi connectivity index (χ4n) is 2.15. The van der Waals surface area contributed by atoms with Crippen molar-refractivity contribution >= 4 is 69.6 Å². The van der Waals surface area contributed by atoms with E-state index in [1.807, 2.05) is 0 Å². The Kier molecular flexibility index (Phi) is 7.36. The zero-order valence-electron chi connectivity index (χ0n) is 12.1. The van der Waals surface area contributed by atoms with Crippen LogP contribution in [-0.2, 0) is 10.5 Å². The van der Waals surface area contributed by atoms with E-state index in [4.69, 9.17) is 74.3 Å². The van der Waals surface area contributed by atoms with Crippen LogP contribution in [0.15, 0.2) is 36.4 Å². The van der Waals surface area contributed by atoms with Gasteiger partial charge >= 0.3 is 0 Å². The van der Waals surface area contributed by atoms with Crippen LogP contribution >= 0.6 is 69.6 Å². The summed E-state index contributed by atoms with van der Waals surface area (Å²) < 4.78 is 5.79. The number of hydrogen-bond donors (Lipinski definition) is 1. The van der Waals surface area contributed by atoms with Crippen LogP contribution < -0.4 is 0 Å². The van der Waals surface area contributed by atoms with Gasteiger partial charge in [0.1, 0.15) is 6.10 Å². The van der Waals surface area contributed by atoms with Gasteiger partial charge in [-0.2, -0.15) is 0 Å². The Morgan fingerprint density at radius 3 is 2.00 bits per heavy atom. The summed E-state index contributed by atoms with van der Waals surface area (Å²) in [7, 11) is 0. The van der Waals surface area contributed by atoms with E-state index in [2.05, 4.69) is 0 Å². The quantitative estimate of drug-likeness (QED) is 0.394. The Morgan fingerprint density at radius 2 is 1.50 bits per heavy atom. The van der Waals surface area contributed by atoms with Gasteiger partial charge < -0.3 is 9.84 Å². The highest BCUT2D eigenvalue weighted by molar-refractivity contribution is 6.35. The number of hydrogen-bond acceptors (Lipinski definition) is 2. The molecule has 0 bridgehead atoms. The van der Waals surface area contributed by atoms with Crippen LogP contribution in [0, 0.1) is 0 Å². The number of alkyl halides is 2. The molecule has 24 heavy (non-hydrogen) atoms. The average molecular weight is 449 g/mol. The normalized spacial score (nSPS) is 15.1. The average Bonchev–Trinajstić information content (AvgIpc) is 2.53. The van der Waals surface area contributed by atoms with Crippen LogP contribution in [0.25, 0.3) is 0 Å². The zero-order valence-corrected chi connectivity index (χ0v) is 16.6. The number of benzene rings is 2. The van der Waals surface area contributed by atoms with Gasteiger partial charge in [0.2, 0.25) is 5.79 Å². The molecule has 0 aliphatic heterocycles. The van der Waals surface area contributed by atoms with Crippen molar-refractivity contribution in [1.82, 2.24) is 0 Å². The maximum absolute atomic E-state index is 10.9. The lowest BCUT2D eigenvalue weighted by molar-refractivity contribution is -0.221. The molecule has 2 nitrogen and oxygen atoms in total.